The molecular formula is C11H18N2S. The molecule has 0 aliphatic heterocycles. The lowest BCUT2D eigenvalue weighted by Crippen LogP contribution is -2.21. The lowest BCUT2D eigenvalue weighted by Gasteiger charge is -2.22. The second-order valence-electron chi connectivity index (χ2n) is 4.14. The van der Waals surface area contributed by atoms with Gasteiger partial charge in [0.1, 0.15) is 0 Å². The van der Waals surface area contributed by atoms with Crippen LogP contribution >= 0.6 is 11.3 Å². The SMILES string of the molecule is Cc1nc(NC2CCCCC2)sc1C. The summed E-state index contributed by atoms with van der Waals surface area (Å²) >= 11 is 1.79. The molecule has 0 spiro atoms. The topological polar surface area (TPSA) is 24.9 Å². The maximum absolute atomic E-state index is 4.51. The van der Waals surface area contributed by atoms with Gasteiger partial charge in [-0.1, -0.05) is 19.3 Å². The molecule has 1 fully saturated rings. The minimum absolute atomic E-state index is 0.675. The first-order valence-corrected chi connectivity index (χ1v) is 6.28. The molecule has 0 unspecified atom stereocenters. The molecule has 14 heavy (non-hydrogen) atoms. The van der Waals surface area contributed by atoms with E-state index in [1.54, 1.807) is 11.3 Å². The minimum atomic E-state index is 0.675. The molecule has 78 valence electrons. The van der Waals surface area contributed by atoms with Crippen LogP contribution in [0.1, 0.15) is 42.7 Å². The molecule has 1 aromatic heterocycles. The number of nitrogens with zero attached hydrogens (tertiary/aromatic N) is 1. The van der Waals surface area contributed by atoms with E-state index >= 15 is 0 Å². The molecule has 0 radical (unpaired) electrons. The van der Waals surface area contributed by atoms with Crippen LogP contribution in [-0.2, 0) is 0 Å². The van der Waals surface area contributed by atoms with Gasteiger partial charge in [0.15, 0.2) is 5.13 Å². The number of anilines is 1. The maximum atomic E-state index is 4.51. The molecule has 3 heteroatoms. The Morgan fingerprint density at radius 2 is 1.93 bits per heavy atom. The van der Waals surface area contributed by atoms with E-state index in [9.17, 15) is 0 Å². The monoisotopic (exact) mass is 210 g/mol. The third-order valence-corrected chi connectivity index (χ3v) is 3.97. The van der Waals surface area contributed by atoms with Crippen molar-refractivity contribution in [2.75, 3.05) is 5.32 Å². The van der Waals surface area contributed by atoms with Crippen LogP contribution in [0.2, 0.25) is 0 Å². The summed E-state index contributed by atoms with van der Waals surface area (Å²) in [4.78, 5) is 5.85. The standard InChI is InChI=1S/C11H18N2S/c1-8-9(2)14-11(12-8)13-10-6-4-3-5-7-10/h10H,3-7H2,1-2H3,(H,12,13). The van der Waals surface area contributed by atoms with Crippen molar-refractivity contribution >= 4 is 16.5 Å². The van der Waals surface area contributed by atoms with Crippen LogP contribution in [0.5, 0.6) is 0 Å². The summed E-state index contributed by atoms with van der Waals surface area (Å²) < 4.78 is 0. The van der Waals surface area contributed by atoms with Crippen molar-refractivity contribution in [3.05, 3.63) is 10.6 Å². The zero-order chi connectivity index (χ0) is 9.97. The summed E-state index contributed by atoms with van der Waals surface area (Å²) in [5.74, 6) is 0. The van der Waals surface area contributed by atoms with Crippen molar-refractivity contribution in [2.24, 2.45) is 0 Å². The Bertz CT molecular complexity index is 281. The number of hydrogen-bond acceptors (Lipinski definition) is 3. The second kappa shape index (κ2) is 4.30. The summed E-state index contributed by atoms with van der Waals surface area (Å²) in [6, 6.07) is 0.675. The van der Waals surface area contributed by atoms with Crippen molar-refractivity contribution in [3.63, 3.8) is 0 Å². The van der Waals surface area contributed by atoms with E-state index in [1.807, 2.05) is 0 Å². The van der Waals surface area contributed by atoms with Gasteiger partial charge in [0, 0.05) is 10.9 Å². The van der Waals surface area contributed by atoms with E-state index in [4.69, 9.17) is 0 Å². The molecule has 0 amide bonds. The van der Waals surface area contributed by atoms with E-state index in [0.717, 1.165) is 5.13 Å². The molecule has 2 rings (SSSR count). The van der Waals surface area contributed by atoms with Crippen LogP contribution in [-0.4, -0.2) is 11.0 Å². The zero-order valence-corrected chi connectivity index (χ0v) is 9.78. The van der Waals surface area contributed by atoms with E-state index in [-0.39, 0.29) is 0 Å². The first-order chi connectivity index (χ1) is 6.75. The number of aromatic nitrogens is 1. The van der Waals surface area contributed by atoms with Gasteiger partial charge in [-0.3, -0.25) is 0 Å². The fourth-order valence-electron chi connectivity index (χ4n) is 1.96. The first kappa shape index (κ1) is 9.97. The number of aryl methyl sites for hydroxylation is 2. The van der Waals surface area contributed by atoms with Gasteiger partial charge in [0.05, 0.1) is 5.69 Å². The van der Waals surface area contributed by atoms with Crippen molar-refractivity contribution in [2.45, 2.75) is 52.0 Å². The quantitative estimate of drug-likeness (QED) is 0.808. The summed E-state index contributed by atoms with van der Waals surface area (Å²) in [6.07, 6.45) is 6.80. The molecule has 1 saturated carbocycles. The molecule has 1 aromatic rings. The number of hydrogen-bond donors (Lipinski definition) is 1. The largest absolute Gasteiger partial charge is 0.359 e. The smallest absolute Gasteiger partial charge is 0.183 e. The third kappa shape index (κ3) is 2.27. The van der Waals surface area contributed by atoms with Crippen molar-refractivity contribution < 1.29 is 0 Å². The molecule has 0 bridgehead atoms. The highest BCUT2D eigenvalue weighted by Gasteiger charge is 2.14. The van der Waals surface area contributed by atoms with Gasteiger partial charge in [-0.2, -0.15) is 0 Å². The predicted octanol–water partition coefficient (Wildman–Crippen LogP) is 3.50. The highest BCUT2D eigenvalue weighted by Crippen LogP contribution is 2.26. The normalized spacial score (nSPS) is 18.4. The Labute approximate surface area is 89.8 Å². The molecule has 0 saturated heterocycles. The molecule has 0 atom stereocenters. The Hall–Kier alpha value is -0.570. The van der Waals surface area contributed by atoms with Crippen LogP contribution in [0.3, 0.4) is 0 Å². The van der Waals surface area contributed by atoms with Gasteiger partial charge in [0.25, 0.3) is 0 Å². The first-order valence-electron chi connectivity index (χ1n) is 5.46. The van der Waals surface area contributed by atoms with Crippen LogP contribution in [0.15, 0.2) is 0 Å². The fourth-order valence-corrected chi connectivity index (χ4v) is 2.85. The number of rotatable bonds is 2. The Balaban J connectivity index is 1.95. The highest BCUT2D eigenvalue weighted by atomic mass is 32.1. The highest BCUT2D eigenvalue weighted by molar-refractivity contribution is 7.15. The van der Waals surface area contributed by atoms with Gasteiger partial charge in [-0.05, 0) is 26.7 Å². The average Bonchev–Trinajstić information content (AvgIpc) is 2.47. The molecule has 1 aliphatic carbocycles. The zero-order valence-electron chi connectivity index (χ0n) is 8.97. The molecular weight excluding hydrogens is 192 g/mol. The van der Waals surface area contributed by atoms with Crippen molar-refractivity contribution in [1.29, 1.82) is 0 Å². The lowest BCUT2D eigenvalue weighted by atomic mass is 9.96. The summed E-state index contributed by atoms with van der Waals surface area (Å²) in [6.45, 7) is 4.22. The average molecular weight is 210 g/mol. The predicted molar refractivity (Wildman–Crippen MR) is 62.1 cm³/mol. The summed E-state index contributed by atoms with van der Waals surface area (Å²) in [5, 5.41) is 4.67. The third-order valence-electron chi connectivity index (χ3n) is 2.96. The molecule has 0 aromatic carbocycles. The Morgan fingerprint density at radius 1 is 1.21 bits per heavy atom. The second-order valence-corrected chi connectivity index (χ2v) is 5.34. The van der Waals surface area contributed by atoms with Gasteiger partial charge >= 0.3 is 0 Å². The number of nitrogens with one attached hydrogen (secondary N) is 1. The van der Waals surface area contributed by atoms with Crippen molar-refractivity contribution in [3.8, 4) is 0 Å². The van der Waals surface area contributed by atoms with E-state index in [2.05, 4.69) is 24.1 Å². The fraction of sp³-hybridized carbons (Fsp3) is 0.727. The Kier molecular flexibility index (Phi) is 3.06. The summed E-state index contributed by atoms with van der Waals surface area (Å²) in [7, 11) is 0. The minimum Gasteiger partial charge on any atom is -0.359 e. The van der Waals surface area contributed by atoms with Crippen molar-refractivity contribution in [1.82, 2.24) is 4.98 Å². The molecule has 1 heterocycles. The van der Waals surface area contributed by atoms with E-state index in [1.165, 1.54) is 42.7 Å². The maximum Gasteiger partial charge on any atom is 0.183 e. The van der Waals surface area contributed by atoms with Crippen LogP contribution in [0.25, 0.3) is 0 Å². The summed E-state index contributed by atoms with van der Waals surface area (Å²) in [5.41, 5.74) is 1.17. The van der Waals surface area contributed by atoms with Crippen LogP contribution < -0.4 is 5.32 Å². The van der Waals surface area contributed by atoms with Crippen LogP contribution in [0.4, 0.5) is 5.13 Å². The van der Waals surface area contributed by atoms with Gasteiger partial charge in [0.2, 0.25) is 0 Å². The molecule has 1 aliphatic rings. The lowest BCUT2D eigenvalue weighted by molar-refractivity contribution is 0.462. The van der Waals surface area contributed by atoms with Gasteiger partial charge < -0.3 is 5.32 Å². The molecule has 2 nitrogen and oxygen atoms in total. The van der Waals surface area contributed by atoms with Crippen LogP contribution in [0, 0.1) is 13.8 Å². The van der Waals surface area contributed by atoms with E-state index < -0.39 is 0 Å². The van der Waals surface area contributed by atoms with E-state index in [0.29, 0.717) is 6.04 Å². The number of thiazole rings is 1. The van der Waals surface area contributed by atoms with Gasteiger partial charge in [-0.25, -0.2) is 4.98 Å². The molecule has 1 N–H and O–H groups in total. The Morgan fingerprint density at radius 3 is 2.50 bits per heavy atom. The van der Waals surface area contributed by atoms with Gasteiger partial charge in [-0.15, -0.1) is 11.3 Å².